The largest absolute Gasteiger partial charge is 0.369 e. The Morgan fingerprint density at radius 2 is 1.84 bits per heavy atom. The summed E-state index contributed by atoms with van der Waals surface area (Å²) < 4.78 is 0. The highest BCUT2D eigenvalue weighted by Crippen LogP contribution is 2.33. The molecule has 0 radical (unpaired) electrons. The molecule has 3 N–H and O–H groups in total. The van der Waals surface area contributed by atoms with Crippen molar-refractivity contribution in [2.75, 3.05) is 23.3 Å². The zero-order chi connectivity index (χ0) is 22.0. The molecule has 1 saturated heterocycles. The van der Waals surface area contributed by atoms with Gasteiger partial charge < -0.3 is 16.0 Å². The van der Waals surface area contributed by atoms with E-state index in [0.717, 1.165) is 17.2 Å². The maximum Gasteiger partial charge on any atom is 0.293 e. The summed E-state index contributed by atoms with van der Waals surface area (Å²) in [6, 6.07) is 17.7. The Morgan fingerprint density at radius 1 is 1.06 bits per heavy atom. The van der Waals surface area contributed by atoms with E-state index in [4.69, 9.17) is 5.73 Å². The lowest BCUT2D eigenvalue weighted by Gasteiger charge is -2.32. The molecule has 0 aromatic heterocycles. The third kappa shape index (κ3) is 4.32. The number of piperidine rings is 1. The average Bonchev–Trinajstić information content (AvgIpc) is 2.78. The van der Waals surface area contributed by atoms with Gasteiger partial charge in [0.2, 0.25) is 5.91 Å². The SMILES string of the molecule is NC(=O)[C@H]1CCCN(c2ccc(C(=O)Nc3ccc4ccccc4c3)cc2[N+](=O)[O-])C1. The Hall–Kier alpha value is -3.94. The van der Waals surface area contributed by atoms with Gasteiger partial charge in [-0.3, -0.25) is 19.7 Å². The molecule has 4 rings (SSSR count). The third-order valence-electron chi connectivity index (χ3n) is 5.61. The highest BCUT2D eigenvalue weighted by molar-refractivity contribution is 6.06. The summed E-state index contributed by atoms with van der Waals surface area (Å²) in [7, 11) is 0. The number of nitrogens with two attached hydrogens (primary N) is 1. The van der Waals surface area contributed by atoms with E-state index in [1.54, 1.807) is 23.1 Å². The van der Waals surface area contributed by atoms with Gasteiger partial charge in [0.1, 0.15) is 5.69 Å². The number of benzene rings is 3. The summed E-state index contributed by atoms with van der Waals surface area (Å²) >= 11 is 0. The third-order valence-corrected chi connectivity index (χ3v) is 5.61. The lowest BCUT2D eigenvalue weighted by atomic mass is 9.96. The van der Waals surface area contributed by atoms with Gasteiger partial charge in [-0.15, -0.1) is 0 Å². The molecule has 158 valence electrons. The van der Waals surface area contributed by atoms with Gasteiger partial charge in [0.15, 0.2) is 0 Å². The van der Waals surface area contributed by atoms with Crippen LogP contribution in [-0.2, 0) is 4.79 Å². The minimum atomic E-state index is -0.504. The lowest BCUT2D eigenvalue weighted by Crippen LogP contribution is -2.41. The van der Waals surface area contributed by atoms with Crippen LogP contribution in [0.15, 0.2) is 60.7 Å². The van der Waals surface area contributed by atoms with Crippen LogP contribution in [0, 0.1) is 16.0 Å². The molecular formula is C23H22N4O4. The summed E-state index contributed by atoms with van der Waals surface area (Å²) in [6.45, 7) is 0.923. The Bertz CT molecular complexity index is 1180. The number of nitro groups is 1. The number of fused-ring (bicyclic) bond motifs is 1. The molecule has 1 heterocycles. The van der Waals surface area contributed by atoms with Crippen LogP contribution >= 0.6 is 0 Å². The molecule has 1 fully saturated rings. The van der Waals surface area contributed by atoms with Crippen molar-refractivity contribution in [1.29, 1.82) is 0 Å². The number of nitro benzene ring substituents is 1. The number of hydrogen-bond donors (Lipinski definition) is 2. The number of nitrogens with one attached hydrogen (secondary N) is 1. The number of amides is 2. The Balaban J connectivity index is 1.58. The zero-order valence-electron chi connectivity index (χ0n) is 16.8. The fraction of sp³-hybridized carbons (Fsp3) is 0.217. The molecule has 8 heteroatoms. The highest BCUT2D eigenvalue weighted by Gasteiger charge is 2.28. The van der Waals surface area contributed by atoms with E-state index in [-0.39, 0.29) is 17.2 Å². The van der Waals surface area contributed by atoms with Crippen molar-refractivity contribution in [3.63, 3.8) is 0 Å². The van der Waals surface area contributed by atoms with Gasteiger partial charge in [-0.2, -0.15) is 0 Å². The van der Waals surface area contributed by atoms with Gasteiger partial charge in [0, 0.05) is 30.4 Å². The number of primary amides is 1. The molecule has 1 aliphatic rings. The molecule has 3 aromatic rings. The molecule has 0 aliphatic carbocycles. The van der Waals surface area contributed by atoms with Crippen LogP contribution in [0.25, 0.3) is 10.8 Å². The normalized spacial score (nSPS) is 16.1. The summed E-state index contributed by atoms with van der Waals surface area (Å²) in [5.41, 5.74) is 6.44. The van der Waals surface area contributed by atoms with Crippen molar-refractivity contribution in [2.24, 2.45) is 11.7 Å². The Labute approximate surface area is 178 Å². The summed E-state index contributed by atoms with van der Waals surface area (Å²) in [5.74, 6) is -1.18. The Kier molecular flexibility index (Phi) is 5.53. The highest BCUT2D eigenvalue weighted by atomic mass is 16.6. The number of anilines is 2. The van der Waals surface area contributed by atoms with Crippen molar-refractivity contribution in [3.05, 3.63) is 76.3 Å². The van der Waals surface area contributed by atoms with Crippen LogP contribution in [0.2, 0.25) is 0 Å². The minimum Gasteiger partial charge on any atom is -0.369 e. The molecule has 0 unspecified atom stereocenters. The van der Waals surface area contributed by atoms with E-state index in [2.05, 4.69) is 5.32 Å². The van der Waals surface area contributed by atoms with Crippen LogP contribution in [0.4, 0.5) is 17.1 Å². The fourth-order valence-electron chi connectivity index (χ4n) is 3.98. The van der Waals surface area contributed by atoms with Gasteiger partial charge >= 0.3 is 0 Å². The summed E-state index contributed by atoms with van der Waals surface area (Å²) in [5, 5.41) is 16.6. The first kappa shape index (κ1) is 20.3. The quantitative estimate of drug-likeness (QED) is 0.484. The minimum absolute atomic E-state index is 0.170. The fourth-order valence-corrected chi connectivity index (χ4v) is 3.98. The van der Waals surface area contributed by atoms with Crippen molar-refractivity contribution in [2.45, 2.75) is 12.8 Å². The van der Waals surface area contributed by atoms with E-state index in [0.29, 0.717) is 30.9 Å². The van der Waals surface area contributed by atoms with Crippen LogP contribution in [-0.4, -0.2) is 29.8 Å². The first-order chi connectivity index (χ1) is 14.9. The predicted molar refractivity (Wildman–Crippen MR) is 119 cm³/mol. The molecule has 0 spiro atoms. The number of carbonyl (C=O) groups excluding carboxylic acids is 2. The second kappa shape index (κ2) is 8.43. The first-order valence-corrected chi connectivity index (χ1v) is 10.1. The van der Waals surface area contributed by atoms with E-state index in [1.165, 1.54) is 6.07 Å². The van der Waals surface area contributed by atoms with Crippen LogP contribution in [0.1, 0.15) is 23.2 Å². The lowest BCUT2D eigenvalue weighted by molar-refractivity contribution is -0.384. The van der Waals surface area contributed by atoms with Crippen molar-refractivity contribution >= 4 is 39.6 Å². The molecule has 2 amide bonds. The zero-order valence-corrected chi connectivity index (χ0v) is 16.8. The van der Waals surface area contributed by atoms with E-state index < -0.39 is 16.7 Å². The number of rotatable bonds is 5. The number of hydrogen-bond acceptors (Lipinski definition) is 5. The maximum atomic E-state index is 12.7. The van der Waals surface area contributed by atoms with E-state index in [1.807, 2.05) is 36.4 Å². The van der Waals surface area contributed by atoms with Gasteiger partial charge in [-0.25, -0.2) is 0 Å². The molecule has 1 atom stereocenters. The predicted octanol–water partition coefficient (Wildman–Crippen LogP) is 3.70. The monoisotopic (exact) mass is 418 g/mol. The maximum absolute atomic E-state index is 12.7. The Morgan fingerprint density at radius 3 is 2.58 bits per heavy atom. The number of nitrogens with zero attached hydrogens (tertiary/aromatic N) is 2. The molecule has 3 aromatic carbocycles. The summed E-state index contributed by atoms with van der Waals surface area (Å²) in [4.78, 5) is 37.3. The first-order valence-electron chi connectivity index (χ1n) is 10.1. The smallest absolute Gasteiger partial charge is 0.293 e. The van der Waals surface area contributed by atoms with E-state index >= 15 is 0 Å². The van der Waals surface area contributed by atoms with Gasteiger partial charge in [-0.1, -0.05) is 30.3 Å². The molecule has 31 heavy (non-hydrogen) atoms. The van der Waals surface area contributed by atoms with Crippen molar-refractivity contribution in [1.82, 2.24) is 0 Å². The van der Waals surface area contributed by atoms with Crippen LogP contribution in [0.3, 0.4) is 0 Å². The van der Waals surface area contributed by atoms with Crippen molar-refractivity contribution < 1.29 is 14.5 Å². The van der Waals surface area contributed by atoms with Crippen LogP contribution in [0.5, 0.6) is 0 Å². The van der Waals surface area contributed by atoms with Crippen LogP contribution < -0.4 is 16.0 Å². The summed E-state index contributed by atoms with van der Waals surface area (Å²) in [6.07, 6.45) is 1.39. The molecular weight excluding hydrogens is 396 g/mol. The second-order valence-electron chi connectivity index (χ2n) is 7.66. The molecule has 0 saturated carbocycles. The standard InChI is InChI=1S/C23H22N4O4/c24-22(28)18-6-3-11-26(14-18)20-10-8-17(13-21(20)27(30)31)23(29)25-19-9-7-15-4-1-2-5-16(15)12-19/h1-2,4-5,7-10,12-13,18H,3,6,11,14H2,(H2,24,28)(H,25,29)/t18-/m0/s1. The van der Waals surface area contributed by atoms with Gasteiger partial charge in [-0.05, 0) is 47.9 Å². The average molecular weight is 418 g/mol. The van der Waals surface area contributed by atoms with E-state index in [9.17, 15) is 19.7 Å². The number of carbonyl (C=O) groups is 2. The molecule has 0 bridgehead atoms. The topological polar surface area (TPSA) is 119 Å². The molecule has 1 aliphatic heterocycles. The molecule has 8 nitrogen and oxygen atoms in total. The van der Waals surface area contributed by atoms with Crippen molar-refractivity contribution in [3.8, 4) is 0 Å². The van der Waals surface area contributed by atoms with Gasteiger partial charge in [0.05, 0.1) is 10.8 Å². The van der Waals surface area contributed by atoms with Gasteiger partial charge in [0.25, 0.3) is 11.6 Å². The second-order valence-corrected chi connectivity index (χ2v) is 7.66.